The number of amides is 1. The third-order valence-corrected chi connectivity index (χ3v) is 6.36. The SMILES string of the molecule is CNCc1cc(NC(=O)c2ccc(C)c(Nc3nc(-c4cccnc4)nc4c3ccn4C)c2)cc(C(F)(F)F)c1. The summed E-state index contributed by atoms with van der Waals surface area (Å²) in [6.07, 6.45) is 0.690. The summed E-state index contributed by atoms with van der Waals surface area (Å²) >= 11 is 0. The molecule has 0 saturated carbocycles. The number of aryl methyl sites for hydroxylation is 2. The molecule has 2 aromatic carbocycles. The molecule has 204 valence electrons. The Kier molecular flexibility index (Phi) is 7.22. The number of benzene rings is 2. The van der Waals surface area contributed by atoms with Crippen molar-refractivity contribution in [2.45, 2.75) is 19.6 Å². The molecule has 0 fully saturated rings. The van der Waals surface area contributed by atoms with Crippen LogP contribution in [-0.4, -0.2) is 32.5 Å². The summed E-state index contributed by atoms with van der Waals surface area (Å²) in [7, 11) is 3.53. The molecule has 5 aromatic rings. The molecule has 0 aliphatic carbocycles. The Morgan fingerprint density at radius 3 is 2.60 bits per heavy atom. The highest BCUT2D eigenvalue weighted by Crippen LogP contribution is 2.33. The van der Waals surface area contributed by atoms with E-state index < -0.39 is 17.6 Å². The zero-order valence-electron chi connectivity index (χ0n) is 22.0. The van der Waals surface area contributed by atoms with Crippen LogP contribution in [0.5, 0.6) is 0 Å². The summed E-state index contributed by atoms with van der Waals surface area (Å²) in [5, 5.41) is 9.56. The Hall–Kier alpha value is -4.77. The third-order valence-electron chi connectivity index (χ3n) is 6.36. The first-order valence-electron chi connectivity index (χ1n) is 12.4. The summed E-state index contributed by atoms with van der Waals surface area (Å²) in [5.74, 6) is 0.486. The second-order valence-electron chi connectivity index (χ2n) is 9.36. The number of rotatable bonds is 7. The molecule has 0 bridgehead atoms. The lowest BCUT2D eigenvalue weighted by atomic mass is 10.1. The zero-order chi connectivity index (χ0) is 28.4. The second kappa shape index (κ2) is 10.8. The molecule has 0 aliphatic rings. The average Bonchev–Trinajstić information content (AvgIpc) is 3.30. The van der Waals surface area contributed by atoms with Crippen molar-refractivity contribution >= 4 is 34.1 Å². The molecular formula is C29H26F3N7O. The molecule has 0 unspecified atom stereocenters. The first kappa shape index (κ1) is 26.8. The van der Waals surface area contributed by atoms with Crippen molar-refractivity contribution in [1.82, 2.24) is 24.8 Å². The van der Waals surface area contributed by atoms with Crippen molar-refractivity contribution in [3.8, 4) is 11.4 Å². The summed E-state index contributed by atoms with van der Waals surface area (Å²) in [5.41, 5.74) is 2.82. The molecule has 3 aromatic heterocycles. The Labute approximate surface area is 228 Å². The van der Waals surface area contributed by atoms with E-state index in [1.54, 1.807) is 43.7 Å². The van der Waals surface area contributed by atoms with Crippen molar-refractivity contribution in [3.63, 3.8) is 0 Å². The number of carbonyl (C=O) groups is 1. The van der Waals surface area contributed by atoms with Crippen LogP contribution in [0.4, 0.5) is 30.4 Å². The standard InChI is InChI=1S/C29H26F3N7O/c1-17-6-7-19(28(40)35-22-12-18(15-33-2)11-21(14-22)29(30,31)32)13-24(17)36-26-23-8-10-39(3)27(23)38-25(37-26)20-5-4-9-34-16-20/h4-14,16,33H,15H2,1-3H3,(H,35,40)(H,36,37,38). The van der Waals surface area contributed by atoms with Crippen molar-refractivity contribution in [2.75, 3.05) is 17.7 Å². The molecule has 1 amide bonds. The molecule has 0 aliphatic heterocycles. The number of fused-ring (bicyclic) bond motifs is 1. The van der Waals surface area contributed by atoms with Crippen LogP contribution in [0.25, 0.3) is 22.4 Å². The fourth-order valence-corrected chi connectivity index (χ4v) is 4.32. The quantitative estimate of drug-likeness (QED) is 0.230. The van der Waals surface area contributed by atoms with Gasteiger partial charge in [0.05, 0.1) is 10.9 Å². The van der Waals surface area contributed by atoms with Gasteiger partial charge in [-0.25, -0.2) is 9.97 Å². The molecule has 11 heteroatoms. The summed E-state index contributed by atoms with van der Waals surface area (Å²) in [6.45, 7) is 2.10. The van der Waals surface area contributed by atoms with E-state index in [9.17, 15) is 18.0 Å². The van der Waals surface area contributed by atoms with Crippen molar-refractivity contribution in [2.24, 2.45) is 7.05 Å². The van der Waals surface area contributed by atoms with Gasteiger partial charge in [0.1, 0.15) is 11.5 Å². The molecule has 0 radical (unpaired) electrons. The van der Waals surface area contributed by atoms with Crippen molar-refractivity contribution < 1.29 is 18.0 Å². The number of halogens is 3. The highest BCUT2D eigenvalue weighted by atomic mass is 19.4. The Balaban J connectivity index is 1.47. The minimum Gasteiger partial charge on any atom is -0.339 e. The van der Waals surface area contributed by atoms with Crippen LogP contribution in [0.1, 0.15) is 27.0 Å². The van der Waals surface area contributed by atoms with Crippen molar-refractivity contribution in [1.29, 1.82) is 0 Å². The maximum atomic E-state index is 13.4. The molecule has 0 atom stereocenters. The van der Waals surface area contributed by atoms with Gasteiger partial charge in [0.15, 0.2) is 5.82 Å². The van der Waals surface area contributed by atoms with Gasteiger partial charge in [0.25, 0.3) is 5.91 Å². The first-order valence-corrected chi connectivity index (χ1v) is 12.4. The predicted octanol–water partition coefficient (Wildman–Crippen LogP) is 6.07. The van der Waals surface area contributed by atoms with Gasteiger partial charge < -0.3 is 20.5 Å². The highest BCUT2D eigenvalue weighted by molar-refractivity contribution is 6.05. The van der Waals surface area contributed by atoms with E-state index in [0.717, 1.165) is 28.6 Å². The van der Waals surface area contributed by atoms with Gasteiger partial charge in [-0.2, -0.15) is 13.2 Å². The Bertz CT molecular complexity index is 1700. The number of nitrogens with zero attached hydrogens (tertiary/aromatic N) is 4. The van der Waals surface area contributed by atoms with Gasteiger partial charge in [-0.15, -0.1) is 0 Å². The topological polar surface area (TPSA) is 96.8 Å². The van der Waals surface area contributed by atoms with Crippen LogP contribution >= 0.6 is 0 Å². The summed E-state index contributed by atoms with van der Waals surface area (Å²) in [6, 6.07) is 14.1. The van der Waals surface area contributed by atoms with Crippen LogP contribution in [0.2, 0.25) is 0 Å². The van der Waals surface area contributed by atoms with E-state index in [0.29, 0.717) is 28.5 Å². The van der Waals surface area contributed by atoms with E-state index in [1.807, 2.05) is 36.9 Å². The number of anilines is 3. The first-order chi connectivity index (χ1) is 19.1. The van der Waals surface area contributed by atoms with Crippen LogP contribution in [-0.2, 0) is 19.8 Å². The number of aromatic nitrogens is 4. The van der Waals surface area contributed by atoms with Gasteiger partial charge in [0, 0.05) is 54.7 Å². The third kappa shape index (κ3) is 5.64. The molecule has 5 rings (SSSR count). The summed E-state index contributed by atoms with van der Waals surface area (Å²) < 4.78 is 42.2. The number of pyridine rings is 1. The fraction of sp³-hybridized carbons (Fsp3) is 0.172. The zero-order valence-corrected chi connectivity index (χ0v) is 22.0. The van der Waals surface area contributed by atoms with Crippen LogP contribution in [0, 0.1) is 6.92 Å². The smallest absolute Gasteiger partial charge is 0.339 e. The van der Waals surface area contributed by atoms with E-state index in [2.05, 4.69) is 20.9 Å². The number of carbonyl (C=O) groups excluding carboxylic acids is 1. The lowest BCUT2D eigenvalue weighted by Gasteiger charge is -2.15. The number of hydrogen-bond donors (Lipinski definition) is 3. The maximum Gasteiger partial charge on any atom is 0.416 e. The van der Waals surface area contributed by atoms with E-state index in [4.69, 9.17) is 9.97 Å². The van der Waals surface area contributed by atoms with Crippen LogP contribution in [0.3, 0.4) is 0 Å². The monoisotopic (exact) mass is 545 g/mol. The molecule has 0 spiro atoms. The highest BCUT2D eigenvalue weighted by Gasteiger charge is 2.31. The van der Waals surface area contributed by atoms with E-state index >= 15 is 0 Å². The van der Waals surface area contributed by atoms with Gasteiger partial charge >= 0.3 is 6.18 Å². The Morgan fingerprint density at radius 2 is 1.88 bits per heavy atom. The number of nitrogens with one attached hydrogen (secondary N) is 3. The van der Waals surface area contributed by atoms with Gasteiger partial charge in [-0.3, -0.25) is 9.78 Å². The number of alkyl halides is 3. The molecule has 3 heterocycles. The Morgan fingerprint density at radius 1 is 1.05 bits per heavy atom. The molecule has 0 saturated heterocycles. The molecule has 40 heavy (non-hydrogen) atoms. The average molecular weight is 546 g/mol. The van der Waals surface area contributed by atoms with Gasteiger partial charge in [-0.1, -0.05) is 6.07 Å². The minimum atomic E-state index is -4.54. The van der Waals surface area contributed by atoms with E-state index in [-0.39, 0.29) is 17.8 Å². The molecular weight excluding hydrogens is 519 g/mol. The minimum absolute atomic E-state index is 0.0584. The number of hydrogen-bond acceptors (Lipinski definition) is 6. The van der Waals surface area contributed by atoms with Crippen molar-refractivity contribution in [3.05, 3.63) is 95.4 Å². The maximum absolute atomic E-state index is 13.4. The predicted molar refractivity (Wildman–Crippen MR) is 148 cm³/mol. The summed E-state index contributed by atoms with van der Waals surface area (Å²) in [4.78, 5) is 26.7. The largest absolute Gasteiger partial charge is 0.416 e. The van der Waals surface area contributed by atoms with E-state index in [1.165, 1.54) is 6.07 Å². The lowest BCUT2D eigenvalue weighted by molar-refractivity contribution is -0.137. The lowest BCUT2D eigenvalue weighted by Crippen LogP contribution is -2.15. The normalized spacial score (nSPS) is 11.6. The molecule has 8 nitrogen and oxygen atoms in total. The van der Waals surface area contributed by atoms with Crippen LogP contribution in [0.15, 0.2) is 73.2 Å². The van der Waals surface area contributed by atoms with Crippen LogP contribution < -0.4 is 16.0 Å². The molecule has 3 N–H and O–H groups in total. The fourth-order valence-electron chi connectivity index (χ4n) is 4.32. The van der Waals surface area contributed by atoms with Gasteiger partial charge in [0.2, 0.25) is 0 Å². The van der Waals surface area contributed by atoms with Gasteiger partial charge in [-0.05, 0) is 73.6 Å². The second-order valence-corrected chi connectivity index (χ2v) is 9.36.